The van der Waals surface area contributed by atoms with Crippen LogP contribution in [0, 0.1) is 0 Å². The smallest absolute Gasteiger partial charge is 0.197 e. The number of nitrogens with zero attached hydrogens (tertiary/aromatic N) is 4. The Labute approximate surface area is 125 Å². The van der Waals surface area contributed by atoms with Gasteiger partial charge in [-0.25, -0.2) is 0 Å². The van der Waals surface area contributed by atoms with Gasteiger partial charge in [0.1, 0.15) is 0 Å². The predicted octanol–water partition coefficient (Wildman–Crippen LogP) is 2.80. The normalized spacial score (nSPS) is 10.9. The van der Waals surface area contributed by atoms with Crippen LogP contribution in [0.3, 0.4) is 0 Å². The summed E-state index contributed by atoms with van der Waals surface area (Å²) in [6.07, 6.45) is 6.55. The third kappa shape index (κ3) is 1.91. The van der Waals surface area contributed by atoms with Crippen molar-refractivity contribution in [2.75, 3.05) is 0 Å². The quantitative estimate of drug-likeness (QED) is 0.530. The number of aromatic nitrogens is 4. The van der Waals surface area contributed by atoms with Crippen molar-refractivity contribution in [3.63, 3.8) is 0 Å². The first-order valence-electron chi connectivity index (χ1n) is 6.79. The number of hydrogen-bond acceptors (Lipinski definition) is 5. The van der Waals surface area contributed by atoms with Crippen molar-refractivity contribution < 1.29 is 4.79 Å². The largest absolute Gasteiger partial charge is 0.288 e. The van der Waals surface area contributed by atoms with Crippen molar-refractivity contribution in [3.05, 3.63) is 72.3 Å². The fraction of sp³-hybridized carbons (Fsp3) is 0. The zero-order valence-corrected chi connectivity index (χ0v) is 11.5. The second-order valence-corrected chi connectivity index (χ2v) is 4.79. The van der Waals surface area contributed by atoms with E-state index >= 15 is 0 Å². The Morgan fingerprint density at radius 3 is 1.64 bits per heavy atom. The number of rotatable bonds is 2. The molecular weight excluding hydrogens is 276 g/mol. The maximum absolute atomic E-state index is 12.9. The highest BCUT2D eigenvalue weighted by atomic mass is 16.1. The summed E-state index contributed by atoms with van der Waals surface area (Å²) in [6.45, 7) is 0. The molecule has 0 amide bonds. The molecule has 0 aliphatic heterocycles. The van der Waals surface area contributed by atoms with Crippen LogP contribution in [0.2, 0.25) is 0 Å². The van der Waals surface area contributed by atoms with Gasteiger partial charge in [0, 0.05) is 24.8 Å². The highest BCUT2D eigenvalue weighted by Gasteiger charge is 2.17. The van der Waals surface area contributed by atoms with Gasteiger partial charge in [-0.3, -0.25) is 24.7 Å². The Balaban J connectivity index is 1.97. The summed E-state index contributed by atoms with van der Waals surface area (Å²) >= 11 is 0. The molecule has 0 aromatic carbocycles. The molecule has 104 valence electrons. The summed E-state index contributed by atoms with van der Waals surface area (Å²) < 4.78 is 0. The Hall–Kier alpha value is -3.21. The van der Waals surface area contributed by atoms with Crippen molar-refractivity contribution >= 4 is 27.9 Å². The maximum Gasteiger partial charge on any atom is 0.197 e. The first-order chi connectivity index (χ1) is 10.8. The summed E-state index contributed by atoms with van der Waals surface area (Å²) in [5, 5.41) is 0. The van der Waals surface area contributed by atoms with Crippen LogP contribution < -0.4 is 0 Å². The standard InChI is InChI=1S/C17H10N4O/c22-17(11-5-9-18-13-3-1-7-20-15(11)13)12-6-10-19-14-4-2-8-21-16(12)14/h1-10H. The molecule has 4 aromatic heterocycles. The molecule has 0 N–H and O–H groups in total. The lowest BCUT2D eigenvalue weighted by Gasteiger charge is -2.06. The number of fused-ring (bicyclic) bond motifs is 2. The van der Waals surface area contributed by atoms with Gasteiger partial charge in [-0.15, -0.1) is 0 Å². The second-order valence-electron chi connectivity index (χ2n) is 4.79. The van der Waals surface area contributed by atoms with Crippen LogP contribution in [0.1, 0.15) is 15.9 Å². The molecule has 22 heavy (non-hydrogen) atoms. The fourth-order valence-corrected chi connectivity index (χ4v) is 2.47. The molecule has 0 saturated carbocycles. The van der Waals surface area contributed by atoms with Crippen LogP contribution in [0.15, 0.2) is 61.2 Å². The van der Waals surface area contributed by atoms with E-state index in [0.29, 0.717) is 33.2 Å². The minimum absolute atomic E-state index is 0.128. The lowest BCUT2D eigenvalue weighted by molar-refractivity contribution is 0.104. The molecule has 0 fully saturated rings. The number of ketones is 1. The van der Waals surface area contributed by atoms with Crippen molar-refractivity contribution in [1.82, 2.24) is 19.9 Å². The lowest BCUT2D eigenvalue weighted by Crippen LogP contribution is -2.05. The van der Waals surface area contributed by atoms with E-state index in [4.69, 9.17) is 0 Å². The van der Waals surface area contributed by atoms with Crippen molar-refractivity contribution in [2.24, 2.45) is 0 Å². The van der Waals surface area contributed by atoms with Gasteiger partial charge < -0.3 is 0 Å². The van der Waals surface area contributed by atoms with Crippen LogP contribution in [0.4, 0.5) is 0 Å². The minimum atomic E-state index is -0.128. The molecule has 4 heterocycles. The van der Waals surface area contributed by atoms with Crippen LogP contribution in [0.25, 0.3) is 22.1 Å². The average Bonchev–Trinajstić information content (AvgIpc) is 2.60. The molecule has 0 bridgehead atoms. The second kappa shape index (κ2) is 4.96. The summed E-state index contributed by atoms with van der Waals surface area (Å²) in [5.74, 6) is -0.128. The highest BCUT2D eigenvalue weighted by Crippen LogP contribution is 2.21. The summed E-state index contributed by atoms with van der Waals surface area (Å²) in [7, 11) is 0. The van der Waals surface area contributed by atoms with Crippen LogP contribution in [-0.4, -0.2) is 25.7 Å². The van der Waals surface area contributed by atoms with Crippen molar-refractivity contribution in [2.45, 2.75) is 0 Å². The molecule has 0 spiro atoms. The van der Waals surface area contributed by atoms with E-state index in [1.807, 2.05) is 12.1 Å². The Kier molecular flexibility index (Phi) is 2.83. The number of carbonyl (C=O) groups excluding carboxylic acids is 1. The predicted molar refractivity (Wildman–Crippen MR) is 82.5 cm³/mol. The van der Waals surface area contributed by atoms with Gasteiger partial charge in [0.15, 0.2) is 5.78 Å². The third-order valence-corrected chi connectivity index (χ3v) is 3.48. The van der Waals surface area contributed by atoms with Gasteiger partial charge in [-0.2, -0.15) is 0 Å². The van der Waals surface area contributed by atoms with E-state index in [1.165, 1.54) is 0 Å². The molecule has 0 saturated heterocycles. The molecule has 0 aliphatic rings. The van der Waals surface area contributed by atoms with E-state index in [0.717, 1.165) is 0 Å². The zero-order valence-electron chi connectivity index (χ0n) is 11.5. The van der Waals surface area contributed by atoms with E-state index < -0.39 is 0 Å². The van der Waals surface area contributed by atoms with Crippen LogP contribution in [0.5, 0.6) is 0 Å². The molecular formula is C17H10N4O. The van der Waals surface area contributed by atoms with Gasteiger partial charge in [-0.1, -0.05) is 0 Å². The monoisotopic (exact) mass is 286 g/mol. The molecule has 5 heteroatoms. The van der Waals surface area contributed by atoms with Gasteiger partial charge in [0.25, 0.3) is 0 Å². The third-order valence-electron chi connectivity index (χ3n) is 3.48. The van der Waals surface area contributed by atoms with Gasteiger partial charge in [0.2, 0.25) is 0 Å². The van der Waals surface area contributed by atoms with E-state index in [9.17, 15) is 4.79 Å². The van der Waals surface area contributed by atoms with E-state index in [1.54, 1.807) is 49.1 Å². The average molecular weight is 286 g/mol. The van der Waals surface area contributed by atoms with Gasteiger partial charge >= 0.3 is 0 Å². The SMILES string of the molecule is O=C(c1ccnc2cccnc12)c1ccnc2cccnc12. The Bertz CT molecular complexity index is 921. The maximum atomic E-state index is 12.9. The van der Waals surface area contributed by atoms with E-state index in [-0.39, 0.29) is 5.78 Å². The van der Waals surface area contributed by atoms with Gasteiger partial charge in [-0.05, 0) is 36.4 Å². The zero-order chi connectivity index (χ0) is 14.9. The summed E-state index contributed by atoms with van der Waals surface area (Å²) in [4.78, 5) is 30.0. The number of pyridine rings is 4. The topological polar surface area (TPSA) is 68.6 Å². The molecule has 4 rings (SSSR count). The van der Waals surface area contributed by atoms with Crippen molar-refractivity contribution in [3.8, 4) is 0 Å². The minimum Gasteiger partial charge on any atom is -0.288 e. The molecule has 5 nitrogen and oxygen atoms in total. The fourth-order valence-electron chi connectivity index (χ4n) is 2.47. The van der Waals surface area contributed by atoms with Crippen LogP contribution >= 0.6 is 0 Å². The number of hydrogen-bond donors (Lipinski definition) is 0. The summed E-state index contributed by atoms with van der Waals surface area (Å²) in [6, 6.07) is 10.6. The molecule has 0 unspecified atom stereocenters. The molecule has 0 atom stereocenters. The Morgan fingerprint density at radius 2 is 1.14 bits per heavy atom. The van der Waals surface area contributed by atoms with Crippen LogP contribution in [-0.2, 0) is 0 Å². The molecule has 0 radical (unpaired) electrons. The first-order valence-corrected chi connectivity index (χ1v) is 6.79. The summed E-state index contributed by atoms with van der Waals surface area (Å²) in [5.41, 5.74) is 3.61. The molecule has 4 aromatic rings. The van der Waals surface area contributed by atoms with Crippen molar-refractivity contribution in [1.29, 1.82) is 0 Å². The highest BCUT2D eigenvalue weighted by molar-refractivity contribution is 6.19. The number of carbonyl (C=O) groups is 1. The van der Waals surface area contributed by atoms with Gasteiger partial charge in [0.05, 0.1) is 33.2 Å². The molecule has 0 aliphatic carbocycles. The van der Waals surface area contributed by atoms with E-state index in [2.05, 4.69) is 19.9 Å². The lowest BCUT2D eigenvalue weighted by atomic mass is 10.0. The first kappa shape index (κ1) is 12.5. The Morgan fingerprint density at radius 1 is 0.636 bits per heavy atom.